The molecule has 5 aromatic carbocycles. The van der Waals surface area contributed by atoms with Gasteiger partial charge in [0.05, 0.1) is 28.2 Å². The molecule has 3 aromatic heterocycles. The Morgan fingerprint density at radius 3 is 1.59 bits per heavy atom. The van der Waals surface area contributed by atoms with Gasteiger partial charge in [-0.3, -0.25) is 9.97 Å². The van der Waals surface area contributed by atoms with Gasteiger partial charge in [0.1, 0.15) is 0 Å². The van der Waals surface area contributed by atoms with Gasteiger partial charge in [0, 0.05) is 12.4 Å². The van der Waals surface area contributed by atoms with Crippen LogP contribution < -0.4 is 9.47 Å². The van der Waals surface area contributed by atoms with Gasteiger partial charge in [-0.25, -0.2) is 4.98 Å². The average molecular weight is 656 g/mol. The lowest BCUT2D eigenvalue weighted by Gasteiger charge is -2.34. The van der Waals surface area contributed by atoms with Gasteiger partial charge in [0.15, 0.2) is 23.0 Å². The van der Waals surface area contributed by atoms with Gasteiger partial charge in [0.2, 0.25) is 0 Å². The van der Waals surface area contributed by atoms with E-state index in [1.807, 2.05) is 48.5 Å². The number of nitrogens with zero attached hydrogens (tertiary/aromatic N) is 3. The second-order valence-electron chi connectivity index (χ2n) is 12.8. The van der Waals surface area contributed by atoms with Gasteiger partial charge in [-0.05, 0) is 105 Å². The van der Waals surface area contributed by atoms with Crippen LogP contribution in [0.3, 0.4) is 0 Å². The van der Waals surface area contributed by atoms with Gasteiger partial charge in [-0.2, -0.15) is 0 Å². The third-order valence-electron chi connectivity index (χ3n) is 9.92. The Hall–Kier alpha value is -6.85. The molecule has 0 atom stereocenters. The van der Waals surface area contributed by atoms with E-state index >= 15 is 0 Å². The minimum atomic E-state index is -0.519. The van der Waals surface area contributed by atoms with Crippen LogP contribution in [0.2, 0.25) is 0 Å². The summed E-state index contributed by atoms with van der Waals surface area (Å²) in [7, 11) is 0. The molecule has 0 unspecified atom stereocenters. The van der Waals surface area contributed by atoms with Crippen LogP contribution in [0.15, 0.2) is 176 Å². The molecule has 2 aliphatic rings. The smallest absolute Gasteiger partial charge is 0.170 e. The molecule has 0 N–H and O–H groups in total. The van der Waals surface area contributed by atoms with Crippen LogP contribution in [-0.2, 0) is 5.41 Å². The van der Waals surface area contributed by atoms with Crippen LogP contribution in [0.25, 0.3) is 45.0 Å². The first-order chi connectivity index (χ1) is 25.3. The minimum absolute atomic E-state index is 0.519. The Labute approximate surface area is 295 Å². The fourth-order valence-electron chi connectivity index (χ4n) is 7.68. The summed E-state index contributed by atoms with van der Waals surface area (Å²) in [6.07, 6.45) is 3.56. The molecule has 0 bridgehead atoms. The summed E-state index contributed by atoms with van der Waals surface area (Å²) in [5, 5.41) is 0. The van der Waals surface area contributed by atoms with Crippen molar-refractivity contribution in [1.29, 1.82) is 0 Å². The molecule has 0 spiro atoms. The molecule has 5 heteroatoms. The highest BCUT2D eigenvalue weighted by Crippen LogP contribution is 2.59. The summed E-state index contributed by atoms with van der Waals surface area (Å²) >= 11 is 0. The van der Waals surface area contributed by atoms with Crippen LogP contribution in [-0.4, -0.2) is 15.0 Å². The van der Waals surface area contributed by atoms with Crippen molar-refractivity contribution in [1.82, 2.24) is 15.0 Å². The Morgan fingerprint density at radius 2 is 0.941 bits per heavy atom. The quantitative estimate of drug-likeness (QED) is 0.185. The lowest BCUT2D eigenvalue weighted by Crippen LogP contribution is -2.28. The zero-order chi connectivity index (χ0) is 33.8. The standard InChI is InChI=1S/C46H29N3O2/c1-3-13-32(14-4-1)46(33-15-5-2-6-16-33)36-18-8-7-17-34(36)35-28-44-45(29-37(35)46)50-42-22-21-30(27-43(42)51-44)31-25-40(38-19-9-11-23-47-38)49-41(26-31)39-20-10-12-24-48-39/h1-29H. The minimum Gasteiger partial charge on any atom is -0.450 e. The summed E-state index contributed by atoms with van der Waals surface area (Å²) in [6.45, 7) is 0. The summed E-state index contributed by atoms with van der Waals surface area (Å²) in [6, 6.07) is 56.5. The molecule has 0 radical (unpaired) electrons. The number of hydrogen-bond acceptors (Lipinski definition) is 5. The zero-order valence-corrected chi connectivity index (χ0v) is 27.4. The first kappa shape index (κ1) is 29.1. The normalized spacial score (nSPS) is 13.2. The third kappa shape index (κ3) is 4.67. The molecule has 10 rings (SSSR count). The van der Waals surface area contributed by atoms with E-state index in [2.05, 4.69) is 125 Å². The van der Waals surface area contributed by atoms with E-state index in [0.29, 0.717) is 23.0 Å². The second-order valence-corrected chi connectivity index (χ2v) is 12.8. The predicted octanol–water partition coefficient (Wildman–Crippen LogP) is 11.1. The molecule has 0 amide bonds. The largest absolute Gasteiger partial charge is 0.450 e. The highest BCUT2D eigenvalue weighted by molar-refractivity contribution is 5.88. The van der Waals surface area contributed by atoms with E-state index < -0.39 is 5.41 Å². The molecule has 4 heterocycles. The van der Waals surface area contributed by atoms with Crippen LogP contribution in [0.4, 0.5) is 0 Å². The maximum absolute atomic E-state index is 6.72. The number of fused-ring (bicyclic) bond motifs is 5. The molecule has 5 nitrogen and oxygen atoms in total. The number of ether oxygens (including phenoxy) is 2. The fourth-order valence-corrected chi connectivity index (χ4v) is 7.68. The van der Waals surface area contributed by atoms with E-state index in [1.54, 1.807) is 12.4 Å². The SMILES string of the molecule is c1ccc(C2(c3ccccc3)c3ccccc3-c3cc4c(cc32)Oc2ccc(-c3cc(-c5ccccn5)nc(-c5ccccn5)c3)cc2O4)cc1. The van der Waals surface area contributed by atoms with Gasteiger partial charge < -0.3 is 9.47 Å². The summed E-state index contributed by atoms with van der Waals surface area (Å²) < 4.78 is 13.4. The lowest BCUT2D eigenvalue weighted by atomic mass is 9.67. The molecule has 51 heavy (non-hydrogen) atoms. The Balaban J connectivity index is 1.10. The maximum atomic E-state index is 6.72. The molecule has 0 fully saturated rings. The molecule has 1 aliphatic carbocycles. The van der Waals surface area contributed by atoms with Crippen molar-refractivity contribution in [3.8, 4) is 68.0 Å². The van der Waals surface area contributed by atoms with Crippen molar-refractivity contribution in [3.05, 3.63) is 198 Å². The van der Waals surface area contributed by atoms with Crippen LogP contribution >= 0.6 is 0 Å². The summed E-state index contributed by atoms with van der Waals surface area (Å²) in [5.41, 5.74) is 11.7. The number of pyridine rings is 3. The molecular formula is C46H29N3O2. The topological polar surface area (TPSA) is 57.1 Å². The summed E-state index contributed by atoms with van der Waals surface area (Å²) in [4.78, 5) is 14.1. The molecule has 1 aliphatic heterocycles. The van der Waals surface area contributed by atoms with Gasteiger partial charge >= 0.3 is 0 Å². The van der Waals surface area contributed by atoms with Gasteiger partial charge in [-0.1, -0.05) is 103 Å². The van der Waals surface area contributed by atoms with Crippen LogP contribution in [0.1, 0.15) is 22.3 Å². The molecule has 0 saturated heterocycles. The number of benzene rings is 5. The van der Waals surface area contributed by atoms with Crippen molar-refractivity contribution >= 4 is 0 Å². The van der Waals surface area contributed by atoms with Crippen LogP contribution in [0, 0.1) is 0 Å². The van der Waals surface area contributed by atoms with Crippen molar-refractivity contribution < 1.29 is 9.47 Å². The third-order valence-corrected chi connectivity index (χ3v) is 9.92. The van der Waals surface area contributed by atoms with Crippen molar-refractivity contribution in [2.45, 2.75) is 5.41 Å². The lowest BCUT2D eigenvalue weighted by molar-refractivity contribution is 0.359. The van der Waals surface area contributed by atoms with E-state index in [4.69, 9.17) is 14.5 Å². The van der Waals surface area contributed by atoms with E-state index in [0.717, 1.165) is 39.5 Å². The summed E-state index contributed by atoms with van der Waals surface area (Å²) in [5.74, 6) is 2.69. The Morgan fingerprint density at radius 1 is 0.373 bits per heavy atom. The average Bonchev–Trinajstić information content (AvgIpc) is 3.50. The van der Waals surface area contributed by atoms with E-state index in [9.17, 15) is 0 Å². The Bertz CT molecular complexity index is 2480. The fraction of sp³-hybridized carbons (Fsp3) is 0.0217. The van der Waals surface area contributed by atoms with Crippen molar-refractivity contribution in [3.63, 3.8) is 0 Å². The number of hydrogen-bond donors (Lipinski definition) is 0. The van der Waals surface area contributed by atoms with E-state index in [1.165, 1.54) is 27.8 Å². The first-order valence-electron chi connectivity index (χ1n) is 17.0. The molecule has 8 aromatic rings. The Kier molecular flexibility index (Phi) is 6.64. The number of rotatable bonds is 5. The molecule has 240 valence electrons. The van der Waals surface area contributed by atoms with Crippen LogP contribution in [0.5, 0.6) is 23.0 Å². The van der Waals surface area contributed by atoms with Gasteiger partial charge in [-0.15, -0.1) is 0 Å². The maximum Gasteiger partial charge on any atom is 0.170 e. The predicted molar refractivity (Wildman–Crippen MR) is 200 cm³/mol. The van der Waals surface area contributed by atoms with E-state index in [-0.39, 0.29) is 0 Å². The highest BCUT2D eigenvalue weighted by Gasteiger charge is 2.47. The van der Waals surface area contributed by atoms with Crippen molar-refractivity contribution in [2.75, 3.05) is 0 Å². The number of aromatic nitrogens is 3. The first-order valence-corrected chi connectivity index (χ1v) is 17.0. The second kappa shape index (κ2) is 11.6. The molecular weight excluding hydrogens is 627 g/mol. The van der Waals surface area contributed by atoms with Gasteiger partial charge in [0.25, 0.3) is 0 Å². The molecule has 0 saturated carbocycles. The zero-order valence-electron chi connectivity index (χ0n) is 27.4. The monoisotopic (exact) mass is 655 g/mol. The highest BCUT2D eigenvalue weighted by atomic mass is 16.6. The van der Waals surface area contributed by atoms with Crippen molar-refractivity contribution in [2.24, 2.45) is 0 Å².